The van der Waals surface area contributed by atoms with Crippen LogP contribution in [0.5, 0.6) is 5.75 Å². The van der Waals surface area contributed by atoms with Crippen LogP contribution in [-0.4, -0.2) is 19.2 Å². The third-order valence-corrected chi connectivity index (χ3v) is 2.48. The van der Waals surface area contributed by atoms with Crippen molar-refractivity contribution >= 4 is 21.9 Å². The number of rotatable bonds is 2. The molecule has 2 rings (SSSR count). The monoisotopic (exact) mass is 256 g/mol. The quantitative estimate of drug-likeness (QED) is 0.600. The first-order valence-electron chi connectivity index (χ1n) is 4.31. The minimum atomic E-state index is -0.214. The van der Waals surface area contributed by atoms with Gasteiger partial charge in [0.05, 0.1) is 13.2 Å². The summed E-state index contributed by atoms with van der Waals surface area (Å²) in [6, 6.07) is 7.22. The summed E-state index contributed by atoms with van der Waals surface area (Å²) in [4.78, 5) is 11.4. The summed E-state index contributed by atoms with van der Waals surface area (Å²) in [6.45, 7) is 0.958. The Labute approximate surface area is 90.1 Å². The van der Waals surface area contributed by atoms with E-state index in [9.17, 15) is 4.79 Å². The fraction of sp³-hybridized carbons (Fsp3) is 0.300. The number of hydrogen-bond acceptors (Lipinski definition) is 3. The maximum Gasteiger partial charge on any atom is 0.319 e. The highest BCUT2D eigenvalue weighted by atomic mass is 79.9. The Kier molecular flexibility index (Phi) is 2.84. The van der Waals surface area contributed by atoms with Crippen molar-refractivity contribution in [2.75, 3.05) is 13.2 Å². The first-order chi connectivity index (χ1) is 6.75. The van der Waals surface area contributed by atoms with Gasteiger partial charge < -0.3 is 9.47 Å². The smallest absolute Gasteiger partial charge is 0.319 e. The van der Waals surface area contributed by atoms with Gasteiger partial charge in [0.15, 0.2) is 0 Å². The van der Waals surface area contributed by atoms with E-state index in [4.69, 9.17) is 9.47 Å². The van der Waals surface area contributed by atoms with Crippen LogP contribution in [0, 0.1) is 5.92 Å². The number of halogens is 1. The summed E-state index contributed by atoms with van der Waals surface area (Å²) >= 11 is 3.30. The van der Waals surface area contributed by atoms with Crippen molar-refractivity contribution < 1.29 is 14.3 Å². The lowest BCUT2D eigenvalue weighted by Crippen LogP contribution is -2.37. The lowest BCUT2D eigenvalue weighted by Gasteiger charge is -2.23. The van der Waals surface area contributed by atoms with E-state index in [-0.39, 0.29) is 11.9 Å². The average Bonchev–Trinajstić information content (AvgIpc) is 1.99. The number of ether oxygens (including phenoxy) is 2. The predicted molar refractivity (Wildman–Crippen MR) is 54.1 cm³/mol. The molecule has 1 fully saturated rings. The summed E-state index contributed by atoms with van der Waals surface area (Å²) in [6.07, 6.45) is 0. The Morgan fingerprint density at radius 1 is 1.50 bits per heavy atom. The summed E-state index contributed by atoms with van der Waals surface area (Å²) in [5.74, 6) is 0.264. The molecule has 1 saturated heterocycles. The van der Waals surface area contributed by atoms with E-state index >= 15 is 0 Å². The van der Waals surface area contributed by atoms with Crippen molar-refractivity contribution in [1.82, 2.24) is 0 Å². The average molecular weight is 257 g/mol. The maximum atomic E-state index is 11.4. The summed E-state index contributed by atoms with van der Waals surface area (Å²) in [5, 5.41) is 0. The van der Waals surface area contributed by atoms with Crippen LogP contribution < -0.4 is 4.74 Å². The van der Waals surface area contributed by atoms with Gasteiger partial charge in [0.2, 0.25) is 0 Å². The summed E-state index contributed by atoms with van der Waals surface area (Å²) < 4.78 is 11.0. The van der Waals surface area contributed by atoms with E-state index in [2.05, 4.69) is 15.9 Å². The number of carbonyl (C=O) groups excluding carboxylic acids is 1. The second-order valence-corrected chi connectivity index (χ2v) is 4.03. The minimum absolute atomic E-state index is 0.0889. The lowest BCUT2D eigenvalue weighted by atomic mass is 10.1. The predicted octanol–water partition coefficient (Wildman–Crippen LogP) is 2.00. The molecule has 3 nitrogen and oxygen atoms in total. The van der Waals surface area contributed by atoms with Crippen LogP contribution in [-0.2, 0) is 9.53 Å². The van der Waals surface area contributed by atoms with Crippen molar-refractivity contribution in [2.24, 2.45) is 5.92 Å². The van der Waals surface area contributed by atoms with Gasteiger partial charge >= 0.3 is 5.97 Å². The topological polar surface area (TPSA) is 35.5 Å². The fourth-order valence-corrected chi connectivity index (χ4v) is 1.48. The standard InChI is InChI=1S/C10H9BrO3/c11-8-2-1-3-9(4-8)14-10(12)7-5-13-6-7/h1-4,7H,5-6H2. The van der Waals surface area contributed by atoms with Gasteiger partial charge in [-0.3, -0.25) is 4.79 Å². The van der Waals surface area contributed by atoms with Gasteiger partial charge in [0, 0.05) is 4.47 Å². The third-order valence-electron chi connectivity index (χ3n) is 1.99. The van der Waals surface area contributed by atoms with Crippen LogP contribution in [0.2, 0.25) is 0 Å². The molecule has 14 heavy (non-hydrogen) atoms. The van der Waals surface area contributed by atoms with Crippen molar-refractivity contribution in [3.05, 3.63) is 28.7 Å². The zero-order valence-corrected chi connectivity index (χ0v) is 8.99. The second kappa shape index (κ2) is 4.11. The highest BCUT2D eigenvalue weighted by molar-refractivity contribution is 9.10. The second-order valence-electron chi connectivity index (χ2n) is 3.11. The molecular weight excluding hydrogens is 248 g/mol. The Morgan fingerprint density at radius 3 is 2.86 bits per heavy atom. The maximum absolute atomic E-state index is 11.4. The number of esters is 1. The van der Waals surface area contributed by atoms with Crippen LogP contribution in [0.1, 0.15) is 0 Å². The third kappa shape index (κ3) is 2.13. The van der Waals surface area contributed by atoms with Gasteiger partial charge in [0.25, 0.3) is 0 Å². The largest absolute Gasteiger partial charge is 0.426 e. The Bertz CT molecular complexity index is 347. The van der Waals surface area contributed by atoms with Crippen LogP contribution >= 0.6 is 15.9 Å². The molecular formula is C10H9BrO3. The van der Waals surface area contributed by atoms with E-state index in [0.717, 1.165) is 4.47 Å². The SMILES string of the molecule is O=C(Oc1cccc(Br)c1)C1COC1. The van der Waals surface area contributed by atoms with E-state index < -0.39 is 0 Å². The number of benzene rings is 1. The Hall–Kier alpha value is -0.870. The highest BCUT2D eigenvalue weighted by Gasteiger charge is 2.28. The molecule has 0 bridgehead atoms. The first-order valence-corrected chi connectivity index (χ1v) is 5.10. The zero-order chi connectivity index (χ0) is 9.97. The minimum Gasteiger partial charge on any atom is -0.426 e. The molecule has 0 unspecified atom stereocenters. The number of carbonyl (C=O) groups is 1. The molecule has 0 radical (unpaired) electrons. The van der Waals surface area contributed by atoms with Gasteiger partial charge in [-0.05, 0) is 18.2 Å². The van der Waals surface area contributed by atoms with Crippen LogP contribution in [0.25, 0.3) is 0 Å². The highest BCUT2D eigenvalue weighted by Crippen LogP contribution is 2.20. The van der Waals surface area contributed by atoms with E-state index in [0.29, 0.717) is 19.0 Å². The molecule has 0 aliphatic carbocycles. The molecule has 0 aromatic heterocycles. The Balaban J connectivity index is 1.99. The zero-order valence-electron chi connectivity index (χ0n) is 7.40. The van der Waals surface area contributed by atoms with Crippen LogP contribution in [0.4, 0.5) is 0 Å². The molecule has 0 spiro atoms. The molecule has 0 atom stereocenters. The molecule has 0 N–H and O–H groups in total. The van der Waals surface area contributed by atoms with Crippen LogP contribution in [0.15, 0.2) is 28.7 Å². The van der Waals surface area contributed by atoms with Gasteiger partial charge in [-0.2, -0.15) is 0 Å². The van der Waals surface area contributed by atoms with Gasteiger partial charge in [-0.25, -0.2) is 0 Å². The fourth-order valence-electron chi connectivity index (χ4n) is 1.10. The van der Waals surface area contributed by atoms with Gasteiger partial charge in [-0.1, -0.05) is 22.0 Å². The molecule has 1 aliphatic heterocycles. The Morgan fingerprint density at radius 2 is 2.29 bits per heavy atom. The van der Waals surface area contributed by atoms with Gasteiger partial charge in [0.1, 0.15) is 11.7 Å². The lowest BCUT2D eigenvalue weighted by molar-refractivity contribution is -0.153. The molecule has 0 amide bonds. The van der Waals surface area contributed by atoms with E-state index in [1.807, 2.05) is 12.1 Å². The molecule has 74 valence electrons. The normalized spacial score (nSPS) is 16.1. The van der Waals surface area contributed by atoms with Gasteiger partial charge in [-0.15, -0.1) is 0 Å². The molecule has 0 saturated carbocycles. The van der Waals surface area contributed by atoms with Crippen molar-refractivity contribution in [3.63, 3.8) is 0 Å². The molecule has 1 aromatic carbocycles. The van der Waals surface area contributed by atoms with Crippen molar-refractivity contribution in [3.8, 4) is 5.75 Å². The first kappa shape index (κ1) is 9.68. The number of hydrogen-bond donors (Lipinski definition) is 0. The van der Waals surface area contributed by atoms with Crippen LogP contribution in [0.3, 0.4) is 0 Å². The van der Waals surface area contributed by atoms with E-state index in [1.54, 1.807) is 12.1 Å². The molecule has 1 aliphatic rings. The van der Waals surface area contributed by atoms with E-state index in [1.165, 1.54) is 0 Å². The van der Waals surface area contributed by atoms with Crippen molar-refractivity contribution in [1.29, 1.82) is 0 Å². The molecule has 1 aromatic rings. The summed E-state index contributed by atoms with van der Waals surface area (Å²) in [5.41, 5.74) is 0. The van der Waals surface area contributed by atoms with Crippen molar-refractivity contribution in [2.45, 2.75) is 0 Å². The summed E-state index contributed by atoms with van der Waals surface area (Å²) in [7, 11) is 0. The molecule has 1 heterocycles. The molecule has 4 heteroatoms.